The summed E-state index contributed by atoms with van der Waals surface area (Å²) in [7, 11) is 0. The Morgan fingerprint density at radius 3 is 2.35 bits per heavy atom. The maximum atomic E-state index is 11.5. The van der Waals surface area contributed by atoms with Gasteiger partial charge in [0, 0.05) is 0 Å². The molecular formula is C10H14N2O5. The van der Waals surface area contributed by atoms with Gasteiger partial charge in [0.15, 0.2) is 0 Å². The van der Waals surface area contributed by atoms with E-state index in [0.717, 1.165) is 0 Å². The molecule has 0 aromatic rings. The van der Waals surface area contributed by atoms with Gasteiger partial charge in [0.05, 0.1) is 25.3 Å². The topological polar surface area (TPSA) is 93.7 Å². The maximum Gasteiger partial charge on any atom is 0.355 e. The van der Waals surface area contributed by atoms with E-state index in [1.807, 2.05) is 0 Å². The summed E-state index contributed by atoms with van der Waals surface area (Å²) >= 11 is 0. The van der Waals surface area contributed by atoms with Crippen LogP contribution in [0.1, 0.15) is 13.8 Å². The van der Waals surface area contributed by atoms with Crippen LogP contribution in [0.15, 0.2) is 11.3 Å². The zero-order chi connectivity index (χ0) is 12.8. The molecule has 0 atom stereocenters. The molecule has 0 aliphatic carbocycles. The summed E-state index contributed by atoms with van der Waals surface area (Å²) in [6.07, 6.45) is 0. The number of nitrogens with one attached hydrogen (secondary N) is 2. The molecule has 0 saturated carbocycles. The first-order valence-corrected chi connectivity index (χ1v) is 5.22. The maximum absolute atomic E-state index is 11.5. The quantitative estimate of drug-likeness (QED) is 0.659. The Balaban J connectivity index is 2.97. The van der Waals surface area contributed by atoms with Crippen molar-refractivity contribution in [2.75, 3.05) is 19.8 Å². The molecule has 0 aromatic carbocycles. The van der Waals surface area contributed by atoms with E-state index < -0.39 is 18.0 Å². The molecular weight excluding hydrogens is 228 g/mol. The minimum Gasteiger partial charge on any atom is -0.463 e. The van der Waals surface area contributed by atoms with Gasteiger partial charge in [-0.3, -0.25) is 0 Å². The molecule has 7 heteroatoms. The molecule has 0 bridgehead atoms. The van der Waals surface area contributed by atoms with Crippen LogP contribution in [0.2, 0.25) is 0 Å². The number of carbonyl (C=O) groups excluding carboxylic acids is 3. The number of rotatable bonds is 4. The highest BCUT2D eigenvalue weighted by Crippen LogP contribution is 2.09. The Hall–Kier alpha value is -2.05. The normalized spacial score (nSPS) is 14.8. The van der Waals surface area contributed by atoms with Gasteiger partial charge in [0.2, 0.25) is 0 Å². The van der Waals surface area contributed by atoms with Gasteiger partial charge in [-0.25, -0.2) is 14.4 Å². The molecule has 0 radical (unpaired) electrons. The summed E-state index contributed by atoms with van der Waals surface area (Å²) in [6, 6.07) is -0.555. The second kappa shape index (κ2) is 5.88. The second-order valence-corrected chi connectivity index (χ2v) is 3.10. The average molecular weight is 242 g/mol. The molecule has 2 N–H and O–H groups in total. The average Bonchev–Trinajstić information content (AvgIpc) is 2.29. The van der Waals surface area contributed by atoms with E-state index in [4.69, 9.17) is 9.47 Å². The SMILES string of the molecule is CCOC(=O)C1=C(C(=O)OCC)NC(=O)NC1. The predicted octanol–water partition coefficient (Wildman–Crippen LogP) is -0.320. The van der Waals surface area contributed by atoms with Crippen molar-refractivity contribution < 1.29 is 23.9 Å². The first-order valence-electron chi connectivity index (χ1n) is 5.22. The standard InChI is InChI=1S/C10H14N2O5/c1-3-16-8(13)6-5-11-10(15)12-7(6)9(14)17-4-2/h3-5H2,1-2H3,(H2,11,12,15). The highest BCUT2D eigenvalue weighted by molar-refractivity contribution is 6.04. The van der Waals surface area contributed by atoms with Crippen molar-refractivity contribution in [2.45, 2.75) is 13.8 Å². The van der Waals surface area contributed by atoms with Gasteiger partial charge in [0.1, 0.15) is 5.70 Å². The molecule has 1 rings (SSSR count). The molecule has 1 aliphatic rings. The molecule has 1 heterocycles. The second-order valence-electron chi connectivity index (χ2n) is 3.10. The highest BCUT2D eigenvalue weighted by Gasteiger charge is 2.28. The van der Waals surface area contributed by atoms with E-state index in [2.05, 4.69) is 10.6 Å². The van der Waals surface area contributed by atoms with Crippen molar-refractivity contribution in [3.05, 3.63) is 11.3 Å². The number of ether oxygens (including phenoxy) is 2. The van der Waals surface area contributed by atoms with Crippen LogP contribution in [0.3, 0.4) is 0 Å². The van der Waals surface area contributed by atoms with Crippen LogP contribution in [0, 0.1) is 0 Å². The van der Waals surface area contributed by atoms with Crippen molar-refractivity contribution in [2.24, 2.45) is 0 Å². The number of urea groups is 1. The third kappa shape index (κ3) is 3.20. The van der Waals surface area contributed by atoms with Crippen LogP contribution in [0.25, 0.3) is 0 Å². The number of esters is 2. The zero-order valence-electron chi connectivity index (χ0n) is 9.66. The Bertz CT molecular complexity index is 375. The number of hydrogen-bond acceptors (Lipinski definition) is 5. The van der Waals surface area contributed by atoms with Gasteiger partial charge in [-0.1, -0.05) is 0 Å². The van der Waals surface area contributed by atoms with Gasteiger partial charge < -0.3 is 20.1 Å². The summed E-state index contributed by atoms with van der Waals surface area (Å²) in [4.78, 5) is 34.2. The van der Waals surface area contributed by atoms with Crippen LogP contribution >= 0.6 is 0 Å². The fourth-order valence-electron chi connectivity index (χ4n) is 1.26. The molecule has 2 amide bonds. The van der Waals surface area contributed by atoms with E-state index in [1.54, 1.807) is 13.8 Å². The lowest BCUT2D eigenvalue weighted by Gasteiger charge is -2.19. The number of amides is 2. The molecule has 0 spiro atoms. The summed E-state index contributed by atoms with van der Waals surface area (Å²) in [5, 5.41) is 4.63. The molecule has 0 aromatic heterocycles. The third-order valence-electron chi connectivity index (χ3n) is 1.97. The summed E-state index contributed by atoms with van der Waals surface area (Å²) < 4.78 is 9.52. The lowest BCUT2D eigenvalue weighted by Crippen LogP contribution is -2.46. The third-order valence-corrected chi connectivity index (χ3v) is 1.97. The highest BCUT2D eigenvalue weighted by atomic mass is 16.5. The van der Waals surface area contributed by atoms with Gasteiger partial charge in [-0.05, 0) is 13.8 Å². The summed E-state index contributed by atoms with van der Waals surface area (Å²) in [5.74, 6) is -1.39. The number of carbonyl (C=O) groups is 3. The van der Waals surface area contributed by atoms with Crippen molar-refractivity contribution in [3.63, 3.8) is 0 Å². The van der Waals surface area contributed by atoms with Crippen LogP contribution in [0.5, 0.6) is 0 Å². The Kier molecular flexibility index (Phi) is 4.50. The van der Waals surface area contributed by atoms with E-state index in [9.17, 15) is 14.4 Å². The Morgan fingerprint density at radius 1 is 1.18 bits per heavy atom. The molecule has 0 fully saturated rings. The van der Waals surface area contributed by atoms with Crippen molar-refractivity contribution in [1.82, 2.24) is 10.6 Å². The lowest BCUT2D eigenvalue weighted by atomic mass is 10.1. The van der Waals surface area contributed by atoms with E-state index in [-0.39, 0.29) is 31.0 Å². The van der Waals surface area contributed by atoms with Crippen molar-refractivity contribution in [3.8, 4) is 0 Å². The van der Waals surface area contributed by atoms with Crippen LogP contribution in [-0.2, 0) is 19.1 Å². The van der Waals surface area contributed by atoms with Gasteiger partial charge >= 0.3 is 18.0 Å². The van der Waals surface area contributed by atoms with Gasteiger partial charge in [-0.2, -0.15) is 0 Å². The van der Waals surface area contributed by atoms with Crippen molar-refractivity contribution in [1.29, 1.82) is 0 Å². The fraction of sp³-hybridized carbons (Fsp3) is 0.500. The first-order chi connectivity index (χ1) is 8.10. The van der Waals surface area contributed by atoms with Gasteiger partial charge in [-0.15, -0.1) is 0 Å². The van der Waals surface area contributed by atoms with Crippen LogP contribution < -0.4 is 10.6 Å². The zero-order valence-corrected chi connectivity index (χ0v) is 9.66. The van der Waals surface area contributed by atoms with Crippen LogP contribution in [-0.4, -0.2) is 37.7 Å². The summed E-state index contributed by atoms with van der Waals surface area (Å²) in [5.41, 5.74) is -0.0982. The Morgan fingerprint density at radius 2 is 1.76 bits per heavy atom. The minimum atomic E-state index is -0.745. The Labute approximate surface area is 98.1 Å². The molecule has 0 saturated heterocycles. The molecule has 17 heavy (non-hydrogen) atoms. The molecule has 94 valence electrons. The van der Waals surface area contributed by atoms with Crippen LogP contribution in [0.4, 0.5) is 4.79 Å². The predicted molar refractivity (Wildman–Crippen MR) is 56.8 cm³/mol. The lowest BCUT2D eigenvalue weighted by molar-refractivity contribution is -0.142. The monoisotopic (exact) mass is 242 g/mol. The fourth-order valence-corrected chi connectivity index (χ4v) is 1.26. The number of hydrogen-bond donors (Lipinski definition) is 2. The van der Waals surface area contributed by atoms with Gasteiger partial charge in [0.25, 0.3) is 0 Å². The van der Waals surface area contributed by atoms with E-state index >= 15 is 0 Å². The smallest absolute Gasteiger partial charge is 0.355 e. The van der Waals surface area contributed by atoms with Crippen molar-refractivity contribution >= 4 is 18.0 Å². The first kappa shape index (κ1) is 13.0. The molecule has 0 unspecified atom stereocenters. The summed E-state index contributed by atoms with van der Waals surface area (Å²) in [6.45, 7) is 3.57. The van der Waals surface area contributed by atoms with E-state index in [1.165, 1.54) is 0 Å². The molecule has 1 aliphatic heterocycles. The molecule has 7 nitrogen and oxygen atoms in total. The largest absolute Gasteiger partial charge is 0.463 e. The van der Waals surface area contributed by atoms with E-state index in [0.29, 0.717) is 0 Å². The minimum absolute atomic E-state index is 0.0567.